The van der Waals surface area contributed by atoms with E-state index in [0.717, 1.165) is 19.6 Å². The summed E-state index contributed by atoms with van der Waals surface area (Å²) in [6, 6.07) is 4.51. The average Bonchev–Trinajstić information content (AvgIpc) is 2.28. The van der Waals surface area contributed by atoms with Crippen LogP contribution >= 0.6 is 0 Å². The molecule has 0 aliphatic carbocycles. The Morgan fingerprint density at radius 2 is 2.13 bits per heavy atom. The monoisotopic (exact) mass is 208 g/mol. The molecule has 0 aliphatic heterocycles. The molecule has 3 nitrogen and oxygen atoms in total. The minimum atomic E-state index is 0.452. The molecule has 1 heterocycles. The van der Waals surface area contributed by atoms with Crippen LogP contribution < -0.4 is 5.32 Å². The number of hydrogen-bond donors (Lipinski definition) is 1. The van der Waals surface area contributed by atoms with Crippen molar-refractivity contribution >= 4 is 0 Å². The highest BCUT2D eigenvalue weighted by Gasteiger charge is 2.05. The Bertz CT molecular complexity index is 245. The van der Waals surface area contributed by atoms with E-state index in [-0.39, 0.29) is 0 Å². The van der Waals surface area contributed by atoms with Gasteiger partial charge in [0.05, 0.1) is 6.61 Å². The van der Waals surface area contributed by atoms with Crippen LogP contribution in [0.4, 0.5) is 0 Å². The molecule has 0 saturated carbocycles. The quantitative estimate of drug-likeness (QED) is 0.744. The van der Waals surface area contributed by atoms with Gasteiger partial charge in [-0.05, 0) is 24.1 Å². The molecular weight excluding hydrogens is 188 g/mol. The zero-order chi connectivity index (χ0) is 10.9. The normalized spacial score (nSPS) is 12.7. The number of nitrogens with zero attached hydrogens (tertiary/aromatic N) is 1. The van der Waals surface area contributed by atoms with E-state index in [0.29, 0.717) is 6.04 Å². The largest absolute Gasteiger partial charge is 0.383 e. The van der Waals surface area contributed by atoms with Crippen molar-refractivity contribution in [2.45, 2.75) is 32.4 Å². The van der Waals surface area contributed by atoms with Gasteiger partial charge in [-0.25, -0.2) is 0 Å². The highest BCUT2D eigenvalue weighted by atomic mass is 16.5. The molecule has 0 aromatic carbocycles. The second-order valence-electron chi connectivity index (χ2n) is 3.68. The van der Waals surface area contributed by atoms with Gasteiger partial charge < -0.3 is 10.1 Å². The van der Waals surface area contributed by atoms with Gasteiger partial charge in [-0.15, -0.1) is 0 Å². The Balaban J connectivity index is 2.33. The lowest BCUT2D eigenvalue weighted by atomic mass is 10.1. The number of methoxy groups -OCH3 is 1. The zero-order valence-electron chi connectivity index (χ0n) is 9.57. The third kappa shape index (κ3) is 4.91. The Morgan fingerprint density at radius 3 is 2.73 bits per heavy atom. The molecule has 84 valence electrons. The zero-order valence-corrected chi connectivity index (χ0v) is 9.57. The SMILES string of the molecule is CCCC(COC)NCc1ccncc1. The third-order valence-electron chi connectivity index (χ3n) is 2.35. The van der Waals surface area contributed by atoms with Crippen molar-refractivity contribution in [2.75, 3.05) is 13.7 Å². The molecule has 1 atom stereocenters. The molecule has 0 aliphatic rings. The van der Waals surface area contributed by atoms with E-state index < -0.39 is 0 Å². The number of nitrogens with one attached hydrogen (secondary N) is 1. The van der Waals surface area contributed by atoms with E-state index in [1.165, 1.54) is 12.0 Å². The Hall–Kier alpha value is -0.930. The van der Waals surface area contributed by atoms with Crippen molar-refractivity contribution in [3.05, 3.63) is 30.1 Å². The minimum Gasteiger partial charge on any atom is -0.383 e. The first-order valence-electron chi connectivity index (χ1n) is 5.48. The van der Waals surface area contributed by atoms with Crippen LogP contribution in [0.5, 0.6) is 0 Å². The van der Waals surface area contributed by atoms with Gasteiger partial charge in [0.25, 0.3) is 0 Å². The number of hydrogen-bond acceptors (Lipinski definition) is 3. The van der Waals surface area contributed by atoms with E-state index in [1.807, 2.05) is 24.5 Å². The Labute approximate surface area is 91.9 Å². The third-order valence-corrected chi connectivity index (χ3v) is 2.35. The predicted octanol–water partition coefficient (Wildman–Crippen LogP) is 1.99. The van der Waals surface area contributed by atoms with Crippen molar-refractivity contribution < 1.29 is 4.74 Å². The molecule has 1 unspecified atom stereocenters. The molecule has 1 rings (SSSR count). The molecule has 0 saturated heterocycles. The van der Waals surface area contributed by atoms with Crippen LogP contribution in [0.25, 0.3) is 0 Å². The summed E-state index contributed by atoms with van der Waals surface area (Å²) in [6.45, 7) is 3.85. The smallest absolute Gasteiger partial charge is 0.0615 e. The van der Waals surface area contributed by atoms with Crippen LogP contribution in [0.1, 0.15) is 25.3 Å². The summed E-state index contributed by atoms with van der Waals surface area (Å²) in [4.78, 5) is 3.99. The first-order chi connectivity index (χ1) is 7.36. The van der Waals surface area contributed by atoms with Crippen molar-refractivity contribution in [2.24, 2.45) is 0 Å². The van der Waals surface area contributed by atoms with Gasteiger partial charge in [-0.2, -0.15) is 0 Å². The lowest BCUT2D eigenvalue weighted by molar-refractivity contribution is 0.161. The summed E-state index contributed by atoms with van der Waals surface area (Å²) >= 11 is 0. The van der Waals surface area contributed by atoms with Gasteiger partial charge in [-0.1, -0.05) is 13.3 Å². The van der Waals surface area contributed by atoms with Crippen molar-refractivity contribution in [1.29, 1.82) is 0 Å². The molecule has 15 heavy (non-hydrogen) atoms. The van der Waals surface area contributed by atoms with Crippen LogP contribution in [-0.4, -0.2) is 24.7 Å². The summed E-state index contributed by atoms with van der Waals surface area (Å²) in [5.41, 5.74) is 1.27. The topological polar surface area (TPSA) is 34.1 Å². The van der Waals surface area contributed by atoms with E-state index in [1.54, 1.807) is 7.11 Å². The van der Waals surface area contributed by atoms with Crippen molar-refractivity contribution in [3.63, 3.8) is 0 Å². The Morgan fingerprint density at radius 1 is 1.40 bits per heavy atom. The summed E-state index contributed by atoms with van der Waals surface area (Å²) < 4.78 is 5.17. The number of aromatic nitrogens is 1. The summed E-state index contributed by atoms with van der Waals surface area (Å²) in [5.74, 6) is 0. The predicted molar refractivity (Wildman–Crippen MR) is 61.6 cm³/mol. The van der Waals surface area contributed by atoms with Crippen molar-refractivity contribution in [3.8, 4) is 0 Å². The van der Waals surface area contributed by atoms with E-state index in [4.69, 9.17) is 4.74 Å². The first kappa shape index (κ1) is 12.1. The van der Waals surface area contributed by atoms with Crippen LogP contribution in [-0.2, 0) is 11.3 Å². The molecule has 0 bridgehead atoms. The lowest BCUT2D eigenvalue weighted by Crippen LogP contribution is -2.32. The number of ether oxygens (including phenoxy) is 1. The second kappa shape index (κ2) is 7.37. The molecule has 3 heteroatoms. The first-order valence-corrected chi connectivity index (χ1v) is 5.48. The fourth-order valence-corrected chi connectivity index (χ4v) is 1.56. The minimum absolute atomic E-state index is 0.452. The fraction of sp³-hybridized carbons (Fsp3) is 0.583. The average molecular weight is 208 g/mol. The van der Waals surface area contributed by atoms with Crippen LogP contribution in [0, 0.1) is 0 Å². The number of pyridine rings is 1. The molecule has 1 aromatic rings. The fourth-order valence-electron chi connectivity index (χ4n) is 1.56. The van der Waals surface area contributed by atoms with E-state index in [2.05, 4.69) is 17.2 Å². The van der Waals surface area contributed by atoms with Gasteiger partial charge in [0.2, 0.25) is 0 Å². The molecule has 0 amide bonds. The van der Waals surface area contributed by atoms with Gasteiger partial charge >= 0.3 is 0 Å². The molecule has 1 aromatic heterocycles. The maximum Gasteiger partial charge on any atom is 0.0615 e. The lowest BCUT2D eigenvalue weighted by Gasteiger charge is -2.16. The molecule has 1 N–H and O–H groups in total. The maximum atomic E-state index is 5.17. The summed E-state index contributed by atoms with van der Waals surface area (Å²) in [7, 11) is 1.75. The van der Waals surface area contributed by atoms with Crippen LogP contribution in [0.3, 0.4) is 0 Å². The second-order valence-corrected chi connectivity index (χ2v) is 3.68. The number of rotatable bonds is 7. The van der Waals surface area contributed by atoms with E-state index in [9.17, 15) is 0 Å². The highest BCUT2D eigenvalue weighted by Crippen LogP contribution is 2.01. The molecule has 0 fully saturated rings. The summed E-state index contributed by atoms with van der Waals surface area (Å²) in [6.07, 6.45) is 5.97. The maximum absolute atomic E-state index is 5.17. The molecular formula is C12H20N2O. The van der Waals surface area contributed by atoms with E-state index >= 15 is 0 Å². The molecule has 0 radical (unpaired) electrons. The van der Waals surface area contributed by atoms with Crippen LogP contribution in [0.15, 0.2) is 24.5 Å². The summed E-state index contributed by atoms with van der Waals surface area (Å²) in [5, 5.41) is 3.49. The van der Waals surface area contributed by atoms with Gasteiger partial charge in [0.15, 0.2) is 0 Å². The van der Waals surface area contributed by atoms with Crippen molar-refractivity contribution in [1.82, 2.24) is 10.3 Å². The Kier molecular flexibility index (Phi) is 5.97. The highest BCUT2D eigenvalue weighted by molar-refractivity contribution is 5.09. The molecule has 0 spiro atoms. The standard InChI is InChI=1S/C12H20N2O/c1-3-4-12(10-15-2)14-9-11-5-7-13-8-6-11/h5-8,12,14H,3-4,9-10H2,1-2H3. The van der Waals surface area contributed by atoms with Gasteiger partial charge in [0.1, 0.15) is 0 Å². The van der Waals surface area contributed by atoms with Gasteiger partial charge in [0, 0.05) is 32.1 Å². The van der Waals surface area contributed by atoms with Gasteiger partial charge in [-0.3, -0.25) is 4.98 Å². The van der Waals surface area contributed by atoms with Crippen LogP contribution in [0.2, 0.25) is 0 Å².